The molecule has 2 atom stereocenters. The van der Waals surface area contributed by atoms with Gasteiger partial charge in [0.25, 0.3) is 5.91 Å². The number of carbonyl (C=O) groups excluding carboxylic acids is 2. The first-order chi connectivity index (χ1) is 13.0. The molecule has 0 saturated carbocycles. The highest BCUT2D eigenvalue weighted by molar-refractivity contribution is 5.94. The minimum Gasteiger partial charge on any atom is -0.383 e. The van der Waals surface area contributed by atoms with E-state index in [0.29, 0.717) is 37.9 Å². The molecule has 0 aliphatic carbocycles. The molecule has 6 heteroatoms. The molecule has 0 unspecified atom stereocenters. The Labute approximate surface area is 159 Å². The van der Waals surface area contributed by atoms with Crippen LogP contribution in [0.4, 0.5) is 0 Å². The maximum Gasteiger partial charge on any atom is 0.255 e. The Morgan fingerprint density at radius 3 is 2.74 bits per heavy atom. The number of aliphatic hydroxyl groups is 1. The zero-order chi connectivity index (χ0) is 19.2. The van der Waals surface area contributed by atoms with Crippen molar-refractivity contribution in [2.24, 2.45) is 0 Å². The van der Waals surface area contributed by atoms with Gasteiger partial charge in [-0.15, -0.1) is 0 Å². The fourth-order valence-corrected chi connectivity index (χ4v) is 3.22. The van der Waals surface area contributed by atoms with E-state index in [1.165, 1.54) is 0 Å². The van der Waals surface area contributed by atoms with Gasteiger partial charge in [-0.1, -0.05) is 30.3 Å². The third-order valence-corrected chi connectivity index (χ3v) is 4.83. The predicted molar refractivity (Wildman–Crippen MR) is 102 cm³/mol. The topological polar surface area (TPSA) is 82.5 Å². The van der Waals surface area contributed by atoms with Crippen LogP contribution in [0.3, 0.4) is 0 Å². The fraction of sp³-hybridized carbons (Fsp3) is 0.381. The predicted octanol–water partition coefficient (Wildman–Crippen LogP) is 1.71. The Morgan fingerprint density at radius 2 is 2.04 bits per heavy atom. The Kier molecular flexibility index (Phi) is 6.19. The summed E-state index contributed by atoms with van der Waals surface area (Å²) < 4.78 is 0. The van der Waals surface area contributed by atoms with Crippen LogP contribution >= 0.6 is 0 Å². The molecule has 142 valence electrons. The number of amides is 2. The molecule has 1 aromatic heterocycles. The number of nitrogens with zero attached hydrogens (tertiary/aromatic N) is 2. The van der Waals surface area contributed by atoms with Crippen LogP contribution in [0.15, 0.2) is 48.7 Å². The van der Waals surface area contributed by atoms with Crippen LogP contribution in [0.1, 0.15) is 34.5 Å². The molecular weight excluding hydrogens is 342 g/mol. The largest absolute Gasteiger partial charge is 0.383 e. The van der Waals surface area contributed by atoms with Gasteiger partial charge in [0.05, 0.1) is 5.56 Å². The van der Waals surface area contributed by atoms with Gasteiger partial charge in [0.15, 0.2) is 0 Å². The van der Waals surface area contributed by atoms with Crippen LogP contribution in [0.2, 0.25) is 0 Å². The van der Waals surface area contributed by atoms with Crippen molar-refractivity contribution in [3.8, 4) is 0 Å². The van der Waals surface area contributed by atoms with E-state index in [4.69, 9.17) is 0 Å². The average molecular weight is 367 g/mol. The zero-order valence-corrected chi connectivity index (χ0v) is 15.5. The number of rotatable bonds is 6. The zero-order valence-electron chi connectivity index (χ0n) is 15.5. The number of nitrogens with one attached hydrogen (secondary N) is 1. The third kappa shape index (κ3) is 5.14. The standard InChI is InChI=1S/C21H25N3O3/c1-15-7-9-17(13-22-15)21(27)24-12-11-18(14-24)23-20(26)19(25)10-8-16-5-3-2-4-6-16/h2-7,9,13,18-19,25H,8,10-12,14H2,1H3,(H,23,26)/t18-,19-/m1/s1. The Balaban J connectivity index is 1.46. The third-order valence-electron chi connectivity index (χ3n) is 4.83. The second-order valence-electron chi connectivity index (χ2n) is 6.97. The van der Waals surface area contributed by atoms with Crippen molar-refractivity contribution < 1.29 is 14.7 Å². The van der Waals surface area contributed by atoms with E-state index in [0.717, 1.165) is 11.3 Å². The van der Waals surface area contributed by atoms with E-state index >= 15 is 0 Å². The van der Waals surface area contributed by atoms with Gasteiger partial charge in [-0.05, 0) is 43.9 Å². The molecule has 0 spiro atoms. The second kappa shape index (κ2) is 8.77. The summed E-state index contributed by atoms with van der Waals surface area (Å²) in [5, 5.41) is 13.0. The summed E-state index contributed by atoms with van der Waals surface area (Å²) in [7, 11) is 0. The van der Waals surface area contributed by atoms with E-state index in [1.54, 1.807) is 17.2 Å². The lowest BCUT2D eigenvalue weighted by molar-refractivity contribution is -0.130. The summed E-state index contributed by atoms with van der Waals surface area (Å²) in [5.74, 6) is -0.453. The lowest BCUT2D eigenvalue weighted by Gasteiger charge is -2.18. The molecule has 1 aromatic carbocycles. The first-order valence-corrected chi connectivity index (χ1v) is 9.27. The van der Waals surface area contributed by atoms with Gasteiger partial charge in [-0.3, -0.25) is 14.6 Å². The molecule has 2 amide bonds. The number of carbonyl (C=O) groups is 2. The number of aromatic nitrogens is 1. The molecule has 3 rings (SSSR count). The summed E-state index contributed by atoms with van der Waals surface area (Å²) in [6.45, 7) is 2.90. The van der Waals surface area contributed by atoms with Gasteiger partial charge in [0, 0.05) is 31.0 Å². The molecule has 1 saturated heterocycles. The maximum atomic E-state index is 12.5. The Morgan fingerprint density at radius 1 is 1.26 bits per heavy atom. The van der Waals surface area contributed by atoms with Gasteiger partial charge < -0.3 is 15.3 Å². The number of hydrogen-bond acceptors (Lipinski definition) is 4. The summed E-state index contributed by atoms with van der Waals surface area (Å²) in [6, 6.07) is 13.2. The molecule has 2 N–H and O–H groups in total. The molecule has 0 radical (unpaired) electrons. The summed E-state index contributed by atoms with van der Waals surface area (Å²) in [4.78, 5) is 30.6. The van der Waals surface area contributed by atoms with Crippen LogP contribution in [0.5, 0.6) is 0 Å². The van der Waals surface area contributed by atoms with E-state index < -0.39 is 6.10 Å². The van der Waals surface area contributed by atoms with Crippen molar-refractivity contribution in [1.82, 2.24) is 15.2 Å². The fourth-order valence-electron chi connectivity index (χ4n) is 3.22. The van der Waals surface area contributed by atoms with Crippen LogP contribution in [0.25, 0.3) is 0 Å². The second-order valence-corrected chi connectivity index (χ2v) is 6.97. The van der Waals surface area contributed by atoms with Crippen LogP contribution in [-0.4, -0.2) is 52.0 Å². The quantitative estimate of drug-likeness (QED) is 0.814. The highest BCUT2D eigenvalue weighted by atomic mass is 16.3. The first kappa shape index (κ1) is 19.0. The summed E-state index contributed by atoms with van der Waals surface area (Å²) >= 11 is 0. The van der Waals surface area contributed by atoms with Gasteiger partial charge in [0.2, 0.25) is 5.91 Å². The van der Waals surface area contributed by atoms with Gasteiger partial charge in [-0.2, -0.15) is 0 Å². The van der Waals surface area contributed by atoms with E-state index in [-0.39, 0.29) is 17.9 Å². The molecule has 2 heterocycles. The van der Waals surface area contributed by atoms with Crippen LogP contribution in [0, 0.1) is 6.92 Å². The molecule has 2 aromatic rings. The van der Waals surface area contributed by atoms with E-state index in [1.807, 2.05) is 43.3 Å². The number of pyridine rings is 1. The number of aryl methyl sites for hydroxylation is 2. The molecular formula is C21H25N3O3. The number of likely N-dealkylation sites (tertiary alicyclic amines) is 1. The minimum atomic E-state index is -1.05. The molecule has 1 aliphatic rings. The molecule has 0 bridgehead atoms. The van der Waals surface area contributed by atoms with Crippen molar-refractivity contribution in [2.75, 3.05) is 13.1 Å². The van der Waals surface area contributed by atoms with E-state index in [9.17, 15) is 14.7 Å². The normalized spacial score (nSPS) is 17.6. The molecule has 6 nitrogen and oxygen atoms in total. The van der Waals surface area contributed by atoms with E-state index in [2.05, 4.69) is 10.3 Å². The van der Waals surface area contributed by atoms with Crippen molar-refractivity contribution in [1.29, 1.82) is 0 Å². The summed E-state index contributed by atoms with van der Waals surface area (Å²) in [6.07, 6.45) is 2.24. The van der Waals surface area contributed by atoms with Crippen molar-refractivity contribution in [3.05, 3.63) is 65.5 Å². The highest BCUT2D eigenvalue weighted by Gasteiger charge is 2.29. The number of aliphatic hydroxyl groups excluding tert-OH is 1. The lowest BCUT2D eigenvalue weighted by atomic mass is 10.1. The average Bonchev–Trinajstić information content (AvgIpc) is 3.15. The molecule has 1 aliphatic heterocycles. The van der Waals surface area contributed by atoms with Crippen molar-refractivity contribution in [2.45, 2.75) is 38.3 Å². The molecule has 27 heavy (non-hydrogen) atoms. The first-order valence-electron chi connectivity index (χ1n) is 9.27. The smallest absolute Gasteiger partial charge is 0.255 e. The summed E-state index contributed by atoms with van der Waals surface area (Å²) in [5.41, 5.74) is 2.51. The van der Waals surface area contributed by atoms with Gasteiger partial charge in [-0.25, -0.2) is 0 Å². The maximum absolute atomic E-state index is 12.5. The van der Waals surface area contributed by atoms with Gasteiger partial charge >= 0.3 is 0 Å². The SMILES string of the molecule is Cc1ccc(C(=O)N2CC[C@@H](NC(=O)[C@H](O)CCc3ccccc3)C2)cn1. The molecule has 1 fully saturated rings. The van der Waals surface area contributed by atoms with Crippen molar-refractivity contribution in [3.63, 3.8) is 0 Å². The number of benzene rings is 1. The highest BCUT2D eigenvalue weighted by Crippen LogP contribution is 2.14. The Bertz CT molecular complexity index is 777. The number of hydrogen-bond donors (Lipinski definition) is 2. The lowest BCUT2D eigenvalue weighted by Crippen LogP contribution is -2.43. The minimum absolute atomic E-state index is 0.0797. The Hall–Kier alpha value is -2.73. The monoisotopic (exact) mass is 367 g/mol. The van der Waals surface area contributed by atoms with Crippen molar-refractivity contribution >= 4 is 11.8 Å². The van der Waals surface area contributed by atoms with Crippen LogP contribution in [-0.2, 0) is 11.2 Å². The van der Waals surface area contributed by atoms with Gasteiger partial charge in [0.1, 0.15) is 6.10 Å². The van der Waals surface area contributed by atoms with Crippen LogP contribution < -0.4 is 5.32 Å².